The van der Waals surface area contributed by atoms with Crippen LogP contribution in [0, 0.1) is 0 Å². The van der Waals surface area contributed by atoms with Crippen LogP contribution in [0.15, 0.2) is 30.3 Å². The van der Waals surface area contributed by atoms with Gasteiger partial charge in [-0.2, -0.15) is 12.6 Å². The topological polar surface area (TPSA) is 90.2 Å². The highest BCUT2D eigenvalue weighted by Gasteiger charge is 2.93. The highest BCUT2D eigenvalue weighted by atomic mass is 32.1. The number of thiol groups is 1. The van der Waals surface area contributed by atoms with Gasteiger partial charge in [0, 0.05) is 0 Å². The van der Waals surface area contributed by atoms with Crippen molar-refractivity contribution in [2.45, 2.75) is 41.2 Å². The molecule has 5 nitrogen and oxygen atoms in total. The van der Waals surface area contributed by atoms with Crippen LogP contribution >= 0.6 is 12.6 Å². The lowest BCUT2D eigenvalue weighted by atomic mass is 9.41. The molecule has 4 N–H and O–H groups in total. The van der Waals surface area contributed by atoms with Crippen molar-refractivity contribution in [3.05, 3.63) is 35.9 Å². The average Bonchev–Trinajstić information content (AvgIpc) is 2.41. The van der Waals surface area contributed by atoms with Crippen molar-refractivity contribution in [3.63, 3.8) is 0 Å². The van der Waals surface area contributed by atoms with Gasteiger partial charge in [0.1, 0.15) is 15.9 Å². The van der Waals surface area contributed by atoms with Gasteiger partial charge in [-0.15, -0.1) is 0 Å². The largest absolute Gasteiger partial charge is 0.384 e. The minimum Gasteiger partial charge on any atom is -0.384 e. The maximum atomic E-state index is 11.0. The van der Waals surface area contributed by atoms with E-state index in [9.17, 15) is 20.4 Å². The molecule has 2 bridgehead atoms. The molecule has 0 aromatic heterocycles. The molecule has 0 radical (unpaired) electrons. The first-order valence-electron chi connectivity index (χ1n) is 6.38. The standard InChI is InChI=1S/C14H18O5S/c1-10(15)12(17)8-19-11(2,16)14(10,18)13(12,20)9-6-4-3-5-7-9/h3-7,15-18,20H,8H2,1-2H3/t10-,11?,12+,13?,14+/m0/s1. The maximum Gasteiger partial charge on any atom is 0.196 e. The number of hydrogen-bond acceptors (Lipinski definition) is 6. The fraction of sp³-hybridized carbons (Fsp3) is 0.571. The number of benzene rings is 1. The third kappa shape index (κ3) is 1.09. The van der Waals surface area contributed by atoms with Crippen molar-refractivity contribution in [2.24, 2.45) is 0 Å². The summed E-state index contributed by atoms with van der Waals surface area (Å²) >= 11 is 4.48. The minimum absolute atomic E-state index is 0.340. The molecule has 1 saturated carbocycles. The van der Waals surface area contributed by atoms with E-state index in [-0.39, 0.29) is 6.61 Å². The average molecular weight is 298 g/mol. The molecule has 3 aliphatic rings. The summed E-state index contributed by atoms with van der Waals surface area (Å²) in [4.78, 5) is 0. The van der Waals surface area contributed by atoms with Crippen molar-refractivity contribution in [2.75, 3.05) is 6.61 Å². The van der Waals surface area contributed by atoms with Crippen molar-refractivity contribution < 1.29 is 25.2 Å². The van der Waals surface area contributed by atoms with Gasteiger partial charge < -0.3 is 25.2 Å². The van der Waals surface area contributed by atoms with Crippen LogP contribution in [-0.2, 0) is 9.48 Å². The Kier molecular flexibility index (Phi) is 2.56. The first-order valence-corrected chi connectivity index (χ1v) is 6.82. The predicted molar refractivity (Wildman–Crippen MR) is 74.2 cm³/mol. The zero-order valence-corrected chi connectivity index (χ0v) is 12.1. The van der Waals surface area contributed by atoms with E-state index in [0.29, 0.717) is 5.56 Å². The van der Waals surface area contributed by atoms with Gasteiger partial charge in [0.15, 0.2) is 11.4 Å². The summed E-state index contributed by atoms with van der Waals surface area (Å²) in [6, 6.07) is 8.62. The summed E-state index contributed by atoms with van der Waals surface area (Å²) in [6.45, 7) is 2.20. The number of ether oxygens (including phenoxy) is 1. The second-order valence-electron chi connectivity index (χ2n) is 5.99. The molecule has 2 heterocycles. The molecule has 5 atom stereocenters. The van der Waals surface area contributed by atoms with E-state index in [1.807, 2.05) is 0 Å². The Labute approximate surface area is 122 Å². The molecule has 1 aliphatic carbocycles. The third-order valence-corrected chi connectivity index (χ3v) is 6.01. The molecule has 6 heteroatoms. The lowest BCUT2D eigenvalue weighted by molar-refractivity contribution is -0.492. The van der Waals surface area contributed by atoms with E-state index in [1.165, 1.54) is 13.8 Å². The Hall–Kier alpha value is -0.630. The van der Waals surface area contributed by atoms with Gasteiger partial charge in [0.05, 0.1) is 6.61 Å². The Morgan fingerprint density at radius 2 is 1.60 bits per heavy atom. The molecular weight excluding hydrogens is 280 g/mol. The maximum absolute atomic E-state index is 11.0. The molecule has 1 aromatic rings. The Morgan fingerprint density at radius 3 is 2.15 bits per heavy atom. The van der Waals surface area contributed by atoms with Crippen LogP contribution in [0.5, 0.6) is 0 Å². The second-order valence-corrected chi connectivity index (χ2v) is 6.66. The monoisotopic (exact) mass is 298 g/mol. The molecule has 3 fully saturated rings. The molecule has 20 heavy (non-hydrogen) atoms. The van der Waals surface area contributed by atoms with E-state index < -0.39 is 27.3 Å². The van der Waals surface area contributed by atoms with Crippen LogP contribution in [0.2, 0.25) is 0 Å². The summed E-state index contributed by atoms with van der Waals surface area (Å²) in [5.74, 6) is -2.04. The predicted octanol–water partition coefficient (Wildman–Crippen LogP) is -0.223. The smallest absolute Gasteiger partial charge is 0.196 e. The molecule has 110 valence electrons. The summed E-state index contributed by atoms with van der Waals surface area (Å²) in [7, 11) is 0. The van der Waals surface area contributed by atoms with Crippen LogP contribution in [0.1, 0.15) is 19.4 Å². The summed E-state index contributed by atoms with van der Waals surface area (Å²) in [6.07, 6.45) is 0. The summed E-state index contributed by atoms with van der Waals surface area (Å²) < 4.78 is 3.58. The van der Waals surface area contributed by atoms with E-state index in [0.717, 1.165) is 0 Å². The summed E-state index contributed by atoms with van der Waals surface area (Å²) in [5.41, 5.74) is -5.44. The van der Waals surface area contributed by atoms with Gasteiger partial charge in [-0.3, -0.25) is 0 Å². The zero-order chi connectivity index (χ0) is 15.0. The van der Waals surface area contributed by atoms with E-state index >= 15 is 0 Å². The Morgan fingerprint density at radius 1 is 1.05 bits per heavy atom. The van der Waals surface area contributed by atoms with E-state index in [4.69, 9.17) is 4.74 Å². The van der Waals surface area contributed by atoms with Gasteiger partial charge in [0.25, 0.3) is 0 Å². The fourth-order valence-corrected chi connectivity index (χ4v) is 4.61. The lowest BCUT2D eigenvalue weighted by Crippen LogP contribution is -3.00. The minimum atomic E-state index is -2.16. The molecular formula is C14H18O5S. The highest BCUT2D eigenvalue weighted by molar-refractivity contribution is 7.81. The van der Waals surface area contributed by atoms with Crippen LogP contribution in [-0.4, -0.2) is 49.6 Å². The SMILES string of the molecule is CC1(O)OC[C@]2(O)C(S)(c3ccccc3)[C@@]1(O)[C@@]2(C)O. The highest BCUT2D eigenvalue weighted by Crippen LogP contribution is 2.72. The van der Waals surface area contributed by atoms with Gasteiger partial charge in [-0.1, -0.05) is 30.3 Å². The lowest BCUT2D eigenvalue weighted by Gasteiger charge is -2.78. The quantitative estimate of drug-likeness (QED) is 0.462. The first-order chi connectivity index (χ1) is 9.06. The molecule has 0 spiro atoms. The van der Waals surface area contributed by atoms with Crippen LogP contribution in [0.25, 0.3) is 0 Å². The second kappa shape index (κ2) is 3.58. The zero-order valence-electron chi connectivity index (χ0n) is 11.2. The molecule has 0 amide bonds. The van der Waals surface area contributed by atoms with Gasteiger partial charge >= 0.3 is 0 Å². The molecule has 2 unspecified atom stereocenters. The number of hydrogen-bond donors (Lipinski definition) is 5. The molecule has 2 aliphatic heterocycles. The normalized spacial score (nSPS) is 54.4. The molecule has 4 rings (SSSR count). The molecule has 1 aromatic carbocycles. The van der Waals surface area contributed by atoms with Crippen molar-refractivity contribution >= 4 is 12.6 Å². The summed E-state index contributed by atoms with van der Waals surface area (Å²) in [5, 5.41) is 42.7. The van der Waals surface area contributed by atoms with Crippen LogP contribution < -0.4 is 0 Å². The Balaban J connectivity index is 2.27. The molecule has 2 saturated heterocycles. The third-order valence-electron chi connectivity index (χ3n) is 5.06. The van der Waals surface area contributed by atoms with Crippen LogP contribution in [0.4, 0.5) is 0 Å². The van der Waals surface area contributed by atoms with Gasteiger partial charge in [0.2, 0.25) is 0 Å². The van der Waals surface area contributed by atoms with Crippen molar-refractivity contribution in [1.29, 1.82) is 0 Å². The van der Waals surface area contributed by atoms with Crippen molar-refractivity contribution in [1.82, 2.24) is 0 Å². The number of aliphatic hydroxyl groups is 4. The fourth-order valence-electron chi connectivity index (χ4n) is 3.75. The van der Waals surface area contributed by atoms with E-state index in [2.05, 4.69) is 12.6 Å². The van der Waals surface area contributed by atoms with Gasteiger partial charge in [-0.25, -0.2) is 0 Å². The number of fused-ring (bicyclic) bond motifs is 2. The number of rotatable bonds is 1. The Bertz CT molecular complexity index is 560. The first kappa shape index (κ1) is 14.3. The van der Waals surface area contributed by atoms with Crippen LogP contribution in [0.3, 0.4) is 0 Å². The van der Waals surface area contributed by atoms with E-state index in [1.54, 1.807) is 30.3 Å². The van der Waals surface area contributed by atoms with Gasteiger partial charge in [-0.05, 0) is 19.4 Å². The van der Waals surface area contributed by atoms with Crippen molar-refractivity contribution in [3.8, 4) is 0 Å².